The minimum atomic E-state index is 0.324. The van der Waals surface area contributed by atoms with E-state index >= 15 is 0 Å². The number of hydrogen-bond donors (Lipinski definition) is 0. The molecule has 0 bridgehead atoms. The number of aryl methyl sites for hydroxylation is 1. The molecule has 0 aliphatic carbocycles. The molecule has 0 aromatic carbocycles. The molecule has 0 unspecified atom stereocenters. The molecule has 0 aliphatic rings. The van der Waals surface area contributed by atoms with E-state index in [1.165, 1.54) is 6.20 Å². The molecule has 0 aliphatic heterocycles. The fraction of sp³-hybridized carbons (Fsp3) is 0.125. The van der Waals surface area contributed by atoms with Gasteiger partial charge in [-0.1, -0.05) is 10.3 Å². The topological polar surface area (TPSA) is 69.1 Å². The van der Waals surface area contributed by atoms with E-state index in [-0.39, 0.29) is 0 Å². The number of aromatic nitrogens is 2. The summed E-state index contributed by atoms with van der Waals surface area (Å²) in [5, 5.41) is 7.07. The first-order valence-corrected chi connectivity index (χ1v) is 3.64. The molecule has 5 nitrogen and oxygen atoms in total. The highest BCUT2D eigenvalue weighted by Crippen LogP contribution is 2.24. The predicted octanol–water partition coefficient (Wildman–Crippen LogP) is 1.45. The third-order valence-electron chi connectivity index (χ3n) is 1.68. The average Bonchev–Trinajstić information content (AvgIpc) is 2.71. The number of rotatable bonds is 2. The summed E-state index contributed by atoms with van der Waals surface area (Å²) in [4.78, 5) is 10.5. The Kier molecular flexibility index (Phi) is 1.70. The zero-order chi connectivity index (χ0) is 9.26. The highest BCUT2D eigenvalue weighted by molar-refractivity contribution is 5.83. The van der Waals surface area contributed by atoms with E-state index in [2.05, 4.69) is 10.3 Å². The summed E-state index contributed by atoms with van der Waals surface area (Å²) in [6.07, 6.45) is 3.55. The Morgan fingerprint density at radius 1 is 1.23 bits per heavy atom. The minimum Gasteiger partial charge on any atom is -0.353 e. The number of carbonyl (C=O) groups is 1. The maximum atomic E-state index is 10.5. The van der Waals surface area contributed by atoms with E-state index in [0.717, 1.165) is 5.56 Å². The number of aldehydes is 1. The summed E-state index contributed by atoms with van der Waals surface area (Å²) in [6, 6.07) is 0. The van der Waals surface area contributed by atoms with Crippen LogP contribution in [-0.4, -0.2) is 16.6 Å². The van der Waals surface area contributed by atoms with Crippen LogP contribution in [-0.2, 0) is 0 Å². The molecule has 5 heteroatoms. The number of carbonyl (C=O) groups excluding carboxylic acids is 1. The Bertz CT molecular complexity index is 430. The van der Waals surface area contributed by atoms with Crippen molar-refractivity contribution in [3.05, 3.63) is 23.5 Å². The molecule has 2 aromatic rings. The van der Waals surface area contributed by atoms with E-state index in [0.29, 0.717) is 23.4 Å². The van der Waals surface area contributed by atoms with Crippen LogP contribution >= 0.6 is 0 Å². The second kappa shape index (κ2) is 2.85. The van der Waals surface area contributed by atoms with Crippen LogP contribution in [0.4, 0.5) is 0 Å². The van der Waals surface area contributed by atoms with Crippen LogP contribution in [0.5, 0.6) is 0 Å². The van der Waals surface area contributed by atoms with E-state index in [1.807, 2.05) is 6.92 Å². The molecular formula is C8H6N2O3. The molecule has 0 fully saturated rings. The molecular weight excluding hydrogens is 172 g/mol. The third kappa shape index (κ3) is 1.14. The van der Waals surface area contributed by atoms with Crippen molar-refractivity contribution in [3.63, 3.8) is 0 Å². The molecule has 0 atom stereocenters. The lowest BCUT2D eigenvalue weighted by Gasteiger charge is -1.89. The maximum absolute atomic E-state index is 10.5. The van der Waals surface area contributed by atoms with Crippen LogP contribution in [0.15, 0.2) is 21.4 Å². The van der Waals surface area contributed by atoms with Gasteiger partial charge in [0.25, 0.3) is 0 Å². The minimum absolute atomic E-state index is 0.324. The lowest BCUT2D eigenvalue weighted by atomic mass is 10.2. The summed E-state index contributed by atoms with van der Waals surface area (Å²) in [7, 11) is 0. The normalized spacial score (nSPS) is 10.2. The Labute approximate surface area is 73.3 Å². The van der Waals surface area contributed by atoms with Gasteiger partial charge in [0.05, 0.1) is 18.0 Å². The summed E-state index contributed by atoms with van der Waals surface area (Å²) in [5.74, 6) is 0.768. The van der Waals surface area contributed by atoms with Gasteiger partial charge in [-0.15, -0.1) is 0 Å². The van der Waals surface area contributed by atoms with Gasteiger partial charge >= 0.3 is 0 Å². The Balaban J connectivity index is 2.58. The zero-order valence-corrected chi connectivity index (χ0v) is 6.85. The largest absolute Gasteiger partial charge is 0.353 e. The second-order valence-electron chi connectivity index (χ2n) is 2.57. The molecule has 2 rings (SSSR count). The van der Waals surface area contributed by atoms with E-state index in [1.54, 1.807) is 6.20 Å². The summed E-state index contributed by atoms with van der Waals surface area (Å²) in [5.41, 5.74) is 1.17. The zero-order valence-electron chi connectivity index (χ0n) is 6.85. The smallest absolute Gasteiger partial charge is 0.215 e. The molecule has 0 spiro atoms. The SMILES string of the molecule is Cc1cnoc1-c1oncc1C=O. The molecule has 0 N–H and O–H groups in total. The molecule has 2 aromatic heterocycles. The summed E-state index contributed by atoms with van der Waals surface area (Å²) in [6.45, 7) is 1.81. The Hall–Kier alpha value is -1.91. The average molecular weight is 178 g/mol. The van der Waals surface area contributed by atoms with Gasteiger partial charge in [-0.2, -0.15) is 0 Å². The Morgan fingerprint density at radius 2 is 1.92 bits per heavy atom. The predicted molar refractivity (Wildman–Crippen MR) is 42.1 cm³/mol. The van der Waals surface area contributed by atoms with Crippen molar-refractivity contribution >= 4 is 6.29 Å². The standard InChI is InChI=1S/C8H6N2O3/c1-5-2-9-12-7(5)8-6(4-11)3-10-13-8/h2-4H,1H3. The van der Waals surface area contributed by atoms with Crippen LogP contribution in [0, 0.1) is 6.92 Å². The van der Waals surface area contributed by atoms with Crippen LogP contribution in [0.3, 0.4) is 0 Å². The van der Waals surface area contributed by atoms with Crippen molar-refractivity contribution < 1.29 is 13.8 Å². The van der Waals surface area contributed by atoms with Gasteiger partial charge in [-0.3, -0.25) is 4.79 Å². The van der Waals surface area contributed by atoms with E-state index < -0.39 is 0 Å². The van der Waals surface area contributed by atoms with Crippen molar-refractivity contribution in [1.82, 2.24) is 10.3 Å². The van der Waals surface area contributed by atoms with Crippen LogP contribution in [0.25, 0.3) is 11.5 Å². The fourth-order valence-electron chi connectivity index (χ4n) is 1.01. The van der Waals surface area contributed by atoms with Crippen LogP contribution in [0.2, 0.25) is 0 Å². The molecule has 0 radical (unpaired) electrons. The first-order chi connectivity index (χ1) is 6.33. The van der Waals surface area contributed by atoms with E-state index in [9.17, 15) is 4.79 Å². The third-order valence-corrected chi connectivity index (χ3v) is 1.68. The summed E-state index contributed by atoms with van der Waals surface area (Å²) < 4.78 is 9.77. The van der Waals surface area contributed by atoms with Gasteiger partial charge in [0.15, 0.2) is 6.29 Å². The van der Waals surface area contributed by atoms with Gasteiger partial charge in [-0.05, 0) is 6.92 Å². The highest BCUT2D eigenvalue weighted by Gasteiger charge is 2.16. The first-order valence-electron chi connectivity index (χ1n) is 3.64. The molecule has 66 valence electrons. The summed E-state index contributed by atoms with van der Waals surface area (Å²) >= 11 is 0. The molecule has 0 saturated heterocycles. The monoisotopic (exact) mass is 178 g/mol. The van der Waals surface area contributed by atoms with Crippen molar-refractivity contribution in [2.24, 2.45) is 0 Å². The molecule has 0 amide bonds. The lowest BCUT2D eigenvalue weighted by Crippen LogP contribution is -1.80. The van der Waals surface area contributed by atoms with E-state index in [4.69, 9.17) is 9.05 Å². The number of nitrogens with zero attached hydrogens (tertiary/aromatic N) is 2. The van der Waals surface area contributed by atoms with Gasteiger partial charge < -0.3 is 9.05 Å². The van der Waals surface area contributed by atoms with Crippen LogP contribution in [0.1, 0.15) is 15.9 Å². The van der Waals surface area contributed by atoms with Gasteiger partial charge in [0.2, 0.25) is 11.5 Å². The molecule has 0 saturated carbocycles. The quantitative estimate of drug-likeness (QED) is 0.651. The van der Waals surface area contributed by atoms with Crippen molar-refractivity contribution in [2.75, 3.05) is 0 Å². The van der Waals surface area contributed by atoms with Gasteiger partial charge in [-0.25, -0.2) is 0 Å². The molecule has 13 heavy (non-hydrogen) atoms. The maximum Gasteiger partial charge on any atom is 0.215 e. The second-order valence-corrected chi connectivity index (χ2v) is 2.57. The van der Waals surface area contributed by atoms with Crippen molar-refractivity contribution in [1.29, 1.82) is 0 Å². The van der Waals surface area contributed by atoms with Crippen LogP contribution < -0.4 is 0 Å². The molecule has 2 heterocycles. The lowest BCUT2D eigenvalue weighted by molar-refractivity contribution is 0.112. The van der Waals surface area contributed by atoms with Gasteiger partial charge in [0, 0.05) is 5.56 Å². The first kappa shape index (κ1) is 7.72. The number of hydrogen-bond acceptors (Lipinski definition) is 5. The van der Waals surface area contributed by atoms with Gasteiger partial charge in [0.1, 0.15) is 0 Å². The van der Waals surface area contributed by atoms with Crippen molar-refractivity contribution in [3.8, 4) is 11.5 Å². The van der Waals surface area contributed by atoms with Crippen molar-refractivity contribution in [2.45, 2.75) is 6.92 Å². The Morgan fingerprint density at radius 3 is 2.54 bits per heavy atom. The highest BCUT2D eigenvalue weighted by atomic mass is 16.5. The fourth-order valence-corrected chi connectivity index (χ4v) is 1.01.